The van der Waals surface area contributed by atoms with Crippen LogP contribution in [0.2, 0.25) is 0 Å². The second-order valence-electron chi connectivity index (χ2n) is 4.60. The van der Waals surface area contributed by atoms with E-state index in [9.17, 15) is 12.8 Å². The maximum absolute atomic E-state index is 13.1. The lowest BCUT2D eigenvalue weighted by molar-refractivity contribution is 0.462. The summed E-state index contributed by atoms with van der Waals surface area (Å²) in [6.45, 7) is 5.05. The fourth-order valence-electron chi connectivity index (χ4n) is 1.25. The molecular formula is C11H17FN2O2S. The van der Waals surface area contributed by atoms with E-state index in [1.165, 1.54) is 19.1 Å². The van der Waals surface area contributed by atoms with Gasteiger partial charge in [0.15, 0.2) is 0 Å². The lowest BCUT2D eigenvalue weighted by atomic mass is 10.1. The topological polar surface area (TPSA) is 72.2 Å². The number of aryl methyl sites for hydroxylation is 1. The Bertz CT molecular complexity index is 512. The van der Waals surface area contributed by atoms with Crippen LogP contribution in [0.1, 0.15) is 19.4 Å². The third-order valence-electron chi connectivity index (χ3n) is 2.36. The number of nitrogens with one attached hydrogen (secondary N) is 1. The second kappa shape index (κ2) is 4.72. The Balaban J connectivity index is 3.10. The van der Waals surface area contributed by atoms with E-state index in [2.05, 4.69) is 4.72 Å². The number of nitrogens with two attached hydrogens (primary N) is 1. The van der Waals surface area contributed by atoms with E-state index < -0.39 is 21.4 Å². The van der Waals surface area contributed by atoms with Crippen molar-refractivity contribution in [3.63, 3.8) is 0 Å². The number of benzene rings is 1. The molecule has 0 aromatic heterocycles. The van der Waals surface area contributed by atoms with Crippen LogP contribution >= 0.6 is 0 Å². The summed E-state index contributed by atoms with van der Waals surface area (Å²) in [7, 11) is -3.67. The van der Waals surface area contributed by atoms with Gasteiger partial charge in [0.1, 0.15) is 5.82 Å². The normalized spacial score (nSPS) is 12.8. The van der Waals surface area contributed by atoms with Crippen LogP contribution in [0.15, 0.2) is 23.1 Å². The first kappa shape index (κ1) is 14.1. The van der Waals surface area contributed by atoms with E-state index in [0.29, 0.717) is 5.56 Å². The van der Waals surface area contributed by atoms with Crippen molar-refractivity contribution < 1.29 is 12.8 Å². The van der Waals surface area contributed by atoms with Crippen molar-refractivity contribution in [1.29, 1.82) is 0 Å². The SMILES string of the molecule is Cc1cc(S(=O)(=O)NC(C)(C)CN)ccc1F. The average molecular weight is 260 g/mol. The molecule has 3 N–H and O–H groups in total. The number of rotatable bonds is 4. The van der Waals surface area contributed by atoms with Crippen molar-refractivity contribution >= 4 is 10.0 Å². The predicted octanol–water partition coefficient (Wildman–Crippen LogP) is 1.15. The molecular weight excluding hydrogens is 243 g/mol. The second-order valence-corrected chi connectivity index (χ2v) is 6.29. The molecule has 0 aliphatic heterocycles. The Morgan fingerprint density at radius 1 is 1.41 bits per heavy atom. The standard InChI is InChI=1S/C11H17FN2O2S/c1-8-6-9(4-5-10(8)12)17(15,16)14-11(2,3)7-13/h4-6,14H,7,13H2,1-3H3. The van der Waals surface area contributed by atoms with E-state index >= 15 is 0 Å². The van der Waals surface area contributed by atoms with Crippen molar-refractivity contribution in [3.8, 4) is 0 Å². The van der Waals surface area contributed by atoms with E-state index in [1.807, 2.05) is 0 Å². The van der Waals surface area contributed by atoms with Crippen LogP contribution in [0.3, 0.4) is 0 Å². The summed E-state index contributed by atoms with van der Waals surface area (Å²) in [6, 6.07) is 3.67. The molecule has 0 atom stereocenters. The summed E-state index contributed by atoms with van der Waals surface area (Å²) in [5, 5.41) is 0. The molecule has 1 rings (SSSR count). The molecule has 17 heavy (non-hydrogen) atoms. The molecule has 1 aromatic rings. The fourth-order valence-corrected chi connectivity index (χ4v) is 2.76. The minimum atomic E-state index is -3.67. The minimum Gasteiger partial charge on any atom is -0.329 e. The molecule has 0 spiro atoms. The van der Waals surface area contributed by atoms with E-state index in [1.54, 1.807) is 13.8 Å². The zero-order valence-electron chi connectivity index (χ0n) is 10.1. The highest BCUT2D eigenvalue weighted by atomic mass is 32.2. The third-order valence-corrected chi connectivity index (χ3v) is 4.06. The van der Waals surface area contributed by atoms with Crippen molar-refractivity contribution in [3.05, 3.63) is 29.6 Å². The van der Waals surface area contributed by atoms with Crippen LogP contribution in [0.25, 0.3) is 0 Å². The molecule has 0 amide bonds. The zero-order valence-corrected chi connectivity index (χ0v) is 10.9. The van der Waals surface area contributed by atoms with Gasteiger partial charge < -0.3 is 5.73 Å². The van der Waals surface area contributed by atoms with Gasteiger partial charge in [-0.1, -0.05) is 0 Å². The Morgan fingerprint density at radius 3 is 2.47 bits per heavy atom. The maximum atomic E-state index is 13.1. The molecule has 0 bridgehead atoms. The van der Waals surface area contributed by atoms with Gasteiger partial charge in [0.2, 0.25) is 10.0 Å². The van der Waals surface area contributed by atoms with Gasteiger partial charge in [-0.25, -0.2) is 17.5 Å². The molecule has 4 nitrogen and oxygen atoms in total. The number of sulfonamides is 1. The van der Waals surface area contributed by atoms with Crippen molar-refractivity contribution in [2.75, 3.05) is 6.54 Å². The summed E-state index contributed by atoms with van der Waals surface area (Å²) < 4.78 is 39.5. The lowest BCUT2D eigenvalue weighted by Gasteiger charge is -2.23. The molecule has 0 aliphatic rings. The minimum absolute atomic E-state index is 0.0397. The molecule has 0 heterocycles. The number of hydrogen-bond acceptors (Lipinski definition) is 3. The van der Waals surface area contributed by atoms with Gasteiger partial charge in [-0.3, -0.25) is 0 Å². The van der Waals surface area contributed by atoms with Crippen molar-refractivity contribution in [2.45, 2.75) is 31.2 Å². The van der Waals surface area contributed by atoms with Gasteiger partial charge in [-0.05, 0) is 44.5 Å². The smallest absolute Gasteiger partial charge is 0.241 e. The van der Waals surface area contributed by atoms with Crippen LogP contribution < -0.4 is 10.5 Å². The van der Waals surface area contributed by atoms with Gasteiger partial charge in [0, 0.05) is 12.1 Å². The van der Waals surface area contributed by atoms with Crippen LogP contribution in [0.5, 0.6) is 0 Å². The largest absolute Gasteiger partial charge is 0.329 e. The highest BCUT2D eigenvalue weighted by Gasteiger charge is 2.25. The van der Waals surface area contributed by atoms with Gasteiger partial charge in [0.05, 0.1) is 4.90 Å². The molecule has 0 aliphatic carbocycles. The van der Waals surface area contributed by atoms with Crippen molar-refractivity contribution in [1.82, 2.24) is 4.72 Å². The molecule has 0 unspecified atom stereocenters. The number of hydrogen-bond donors (Lipinski definition) is 2. The molecule has 96 valence electrons. The van der Waals surface area contributed by atoms with E-state index in [-0.39, 0.29) is 11.4 Å². The zero-order chi connectivity index (χ0) is 13.3. The van der Waals surface area contributed by atoms with Gasteiger partial charge >= 0.3 is 0 Å². The van der Waals surface area contributed by atoms with Crippen LogP contribution in [0, 0.1) is 12.7 Å². The summed E-state index contributed by atoms with van der Waals surface area (Å²) in [5.74, 6) is -0.429. The monoisotopic (exact) mass is 260 g/mol. The highest BCUT2D eigenvalue weighted by Crippen LogP contribution is 2.16. The highest BCUT2D eigenvalue weighted by molar-refractivity contribution is 7.89. The summed E-state index contributed by atoms with van der Waals surface area (Å²) in [5.41, 5.74) is 5.01. The van der Waals surface area contributed by atoms with Gasteiger partial charge in [-0.15, -0.1) is 0 Å². The maximum Gasteiger partial charge on any atom is 0.241 e. The first-order valence-electron chi connectivity index (χ1n) is 5.18. The van der Waals surface area contributed by atoms with Crippen molar-refractivity contribution in [2.24, 2.45) is 5.73 Å². The first-order valence-corrected chi connectivity index (χ1v) is 6.66. The van der Waals surface area contributed by atoms with E-state index in [4.69, 9.17) is 5.73 Å². The quantitative estimate of drug-likeness (QED) is 0.853. The molecule has 0 fully saturated rings. The summed E-state index contributed by atoms with van der Waals surface area (Å²) in [4.78, 5) is 0.0397. The fraction of sp³-hybridized carbons (Fsp3) is 0.455. The summed E-state index contributed by atoms with van der Waals surface area (Å²) in [6.07, 6.45) is 0. The molecule has 0 saturated heterocycles. The average Bonchev–Trinajstić information content (AvgIpc) is 2.20. The molecule has 6 heteroatoms. The summed E-state index contributed by atoms with van der Waals surface area (Å²) >= 11 is 0. The lowest BCUT2D eigenvalue weighted by Crippen LogP contribution is -2.48. The molecule has 1 aromatic carbocycles. The van der Waals surface area contributed by atoms with Crippen LogP contribution in [-0.2, 0) is 10.0 Å². The Labute approximate surface area is 101 Å². The predicted molar refractivity (Wildman–Crippen MR) is 64.6 cm³/mol. The third kappa shape index (κ3) is 3.49. The molecule has 0 saturated carbocycles. The first-order chi connectivity index (χ1) is 7.68. The van der Waals surface area contributed by atoms with Crippen LogP contribution in [-0.4, -0.2) is 20.5 Å². The molecule has 0 radical (unpaired) electrons. The van der Waals surface area contributed by atoms with E-state index in [0.717, 1.165) is 6.07 Å². The Kier molecular flexibility index (Phi) is 3.91. The van der Waals surface area contributed by atoms with Gasteiger partial charge in [0.25, 0.3) is 0 Å². The number of halogens is 1. The Hall–Kier alpha value is -0.980. The Morgan fingerprint density at radius 2 is 2.00 bits per heavy atom. The van der Waals surface area contributed by atoms with Gasteiger partial charge in [-0.2, -0.15) is 0 Å². The van der Waals surface area contributed by atoms with Crippen LogP contribution in [0.4, 0.5) is 4.39 Å².